The minimum Gasteiger partial charge on any atom is -0.312 e. The first-order chi connectivity index (χ1) is 13.1. The van der Waals surface area contributed by atoms with E-state index in [-0.39, 0.29) is 18.2 Å². The van der Waals surface area contributed by atoms with Gasteiger partial charge < -0.3 is 4.90 Å². The Morgan fingerprint density at radius 1 is 1.11 bits per heavy atom. The van der Waals surface area contributed by atoms with E-state index in [1.165, 1.54) is 17.3 Å². The average Bonchev–Trinajstić information content (AvgIpc) is 3.32. The van der Waals surface area contributed by atoms with E-state index in [1.54, 1.807) is 23.2 Å². The van der Waals surface area contributed by atoms with Crippen molar-refractivity contribution in [1.29, 1.82) is 0 Å². The topological polar surface area (TPSA) is 91.4 Å². The van der Waals surface area contributed by atoms with Crippen LogP contribution in [0.2, 0.25) is 0 Å². The number of hydrogen-bond acceptors (Lipinski definition) is 4. The Balaban J connectivity index is 1.37. The standard InChI is InChI=1S/C20H20N4O3/c25-18-10-16(20(27)23-22-19(26)15-5-2-8-21-11-15)12-24(18)17-7-6-13-3-1-4-14(13)9-17/h2,5-9,11,16H,1,3-4,10,12H2,(H,22,26)(H,23,27)/t16-/m1/s1. The molecule has 7 nitrogen and oxygen atoms in total. The maximum absolute atomic E-state index is 12.4. The zero-order chi connectivity index (χ0) is 18.8. The quantitative estimate of drug-likeness (QED) is 0.805. The molecule has 1 aliphatic carbocycles. The number of aromatic nitrogens is 1. The van der Waals surface area contributed by atoms with E-state index in [9.17, 15) is 14.4 Å². The largest absolute Gasteiger partial charge is 0.312 e. The van der Waals surface area contributed by atoms with Crippen molar-refractivity contribution in [3.8, 4) is 0 Å². The molecule has 1 atom stereocenters. The molecule has 4 rings (SSSR count). The third kappa shape index (κ3) is 3.53. The van der Waals surface area contributed by atoms with Crippen molar-refractivity contribution in [2.75, 3.05) is 11.4 Å². The Bertz CT molecular complexity index is 897. The fourth-order valence-corrected chi connectivity index (χ4v) is 3.65. The summed E-state index contributed by atoms with van der Waals surface area (Å²) in [6.07, 6.45) is 6.38. The molecule has 3 amide bonds. The fraction of sp³-hybridized carbons (Fsp3) is 0.300. The first-order valence-electron chi connectivity index (χ1n) is 9.04. The number of hydrazine groups is 1. The van der Waals surface area contributed by atoms with Crippen molar-refractivity contribution in [1.82, 2.24) is 15.8 Å². The van der Waals surface area contributed by atoms with E-state index in [0.29, 0.717) is 12.1 Å². The summed E-state index contributed by atoms with van der Waals surface area (Å²) in [5.41, 5.74) is 8.61. The number of rotatable bonds is 3. The lowest BCUT2D eigenvalue weighted by Gasteiger charge is -2.18. The van der Waals surface area contributed by atoms with Gasteiger partial charge in [0.25, 0.3) is 5.91 Å². The predicted octanol–water partition coefficient (Wildman–Crippen LogP) is 1.38. The van der Waals surface area contributed by atoms with Crippen LogP contribution in [0.3, 0.4) is 0 Å². The van der Waals surface area contributed by atoms with Gasteiger partial charge >= 0.3 is 0 Å². The second-order valence-corrected chi connectivity index (χ2v) is 6.90. The lowest BCUT2D eigenvalue weighted by Crippen LogP contribution is -2.45. The van der Waals surface area contributed by atoms with Crippen molar-refractivity contribution in [2.24, 2.45) is 5.92 Å². The monoisotopic (exact) mass is 364 g/mol. The molecular formula is C20H20N4O3. The van der Waals surface area contributed by atoms with Crippen molar-refractivity contribution < 1.29 is 14.4 Å². The summed E-state index contributed by atoms with van der Waals surface area (Å²) < 4.78 is 0. The molecule has 1 aromatic carbocycles. The van der Waals surface area contributed by atoms with Crippen LogP contribution in [0.25, 0.3) is 0 Å². The summed E-state index contributed by atoms with van der Waals surface area (Å²) in [5.74, 6) is -1.40. The minimum absolute atomic E-state index is 0.0771. The zero-order valence-electron chi connectivity index (χ0n) is 14.8. The third-order valence-corrected chi connectivity index (χ3v) is 5.11. The molecule has 0 spiro atoms. The summed E-state index contributed by atoms with van der Waals surface area (Å²) in [6, 6.07) is 9.33. The van der Waals surface area contributed by atoms with Gasteiger partial charge in [0.2, 0.25) is 11.8 Å². The number of amides is 3. The number of carbonyl (C=O) groups excluding carboxylic acids is 3. The molecule has 138 valence electrons. The molecule has 2 heterocycles. The predicted molar refractivity (Wildman–Crippen MR) is 98.8 cm³/mol. The van der Waals surface area contributed by atoms with Gasteiger partial charge in [0.15, 0.2) is 0 Å². The van der Waals surface area contributed by atoms with E-state index in [4.69, 9.17) is 0 Å². The van der Waals surface area contributed by atoms with Gasteiger partial charge in [0.1, 0.15) is 0 Å². The molecule has 0 saturated carbocycles. The van der Waals surface area contributed by atoms with Crippen LogP contribution in [0.15, 0.2) is 42.7 Å². The van der Waals surface area contributed by atoms with Crippen molar-refractivity contribution >= 4 is 23.4 Å². The Kier molecular flexibility index (Phi) is 4.58. The van der Waals surface area contributed by atoms with Crippen LogP contribution in [0.1, 0.15) is 34.3 Å². The second kappa shape index (κ2) is 7.19. The van der Waals surface area contributed by atoms with Crippen LogP contribution < -0.4 is 15.8 Å². The number of anilines is 1. The highest BCUT2D eigenvalue weighted by atomic mass is 16.2. The van der Waals surface area contributed by atoms with E-state index in [0.717, 1.165) is 24.9 Å². The van der Waals surface area contributed by atoms with Crippen molar-refractivity contribution in [3.05, 3.63) is 59.4 Å². The van der Waals surface area contributed by atoms with Gasteiger partial charge in [0, 0.05) is 31.0 Å². The third-order valence-electron chi connectivity index (χ3n) is 5.11. The number of hydrogen-bond donors (Lipinski definition) is 2. The number of aryl methyl sites for hydroxylation is 2. The summed E-state index contributed by atoms with van der Waals surface area (Å²) in [7, 11) is 0. The smallest absolute Gasteiger partial charge is 0.271 e. The van der Waals surface area contributed by atoms with E-state index >= 15 is 0 Å². The summed E-state index contributed by atoms with van der Waals surface area (Å²) in [4.78, 5) is 42.3. The van der Waals surface area contributed by atoms with Gasteiger partial charge in [-0.15, -0.1) is 0 Å². The summed E-state index contributed by atoms with van der Waals surface area (Å²) >= 11 is 0. The number of carbonyl (C=O) groups is 3. The summed E-state index contributed by atoms with van der Waals surface area (Å²) in [5, 5.41) is 0. The van der Waals surface area contributed by atoms with E-state index < -0.39 is 11.8 Å². The lowest BCUT2D eigenvalue weighted by atomic mass is 10.1. The Hall–Kier alpha value is -3.22. The van der Waals surface area contributed by atoms with Crippen LogP contribution in [0, 0.1) is 5.92 Å². The van der Waals surface area contributed by atoms with Gasteiger partial charge in [-0.1, -0.05) is 6.07 Å². The first kappa shape index (κ1) is 17.2. The molecule has 1 aliphatic heterocycles. The number of benzene rings is 1. The second-order valence-electron chi connectivity index (χ2n) is 6.90. The number of pyridine rings is 1. The minimum atomic E-state index is -0.500. The highest BCUT2D eigenvalue weighted by molar-refractivity contribution is 6.01. The van der Waals surface area contributed by atoms with Crippen molar-refractivity contribution in [2.45, 2.75) is 25.7 Å². The lowest BCUT2D eigenvalue weighted by molar-refractivity contribution is -0.126. The van der Waals surface area contributed by atoms with Crippen LogP contribution in [0.4, 0.5) is 5.69 Å². The van der Waals surface area contributed by atoms with Crippen LogP contribution in [-0.2, 0) is 22.4 Å². The Labute approximate surface area is 156 Å². The molecule has 0 unspecified atom stereocenters. The molecule has 0 radical (unpaired) electrons. The van der Waals surface area contributed by atoms with Crippen LogP contribution in [0.5, 0.6) is 0 Å². The normalized spacial score (nSPS) is 18.3. The number of nitrogens with one attached hydrogen (secondary N) is 2. The molecule has 2 N–H and O–H groups in total. The number of fused-ring (bicyclic) bond motifs is 1. The van der Waals surface area contributed by atoms with E-state index in [1.807, 2.05) is 6.07 Å². The molecule has 7 heteroatoms. The molecule has 1 saturated heterocycles. The molecular weight excluding hydrogens is 344 g/mol. The summed E-state index contributed by atoms with van der Waals surface area (Å²) in [6.45, 7) is 0.312. The highest BCUT2D eigenvalue weighted by Crippen LogP contribution is 2.30. The first-order valence-corrected chi connectivity index (χ1v) is 9.04. The zero-order valence-corrected chi connectivity index (χ0v) is 14.8. The van der Waals surface area contributed by atoms with E-state index in [2.05, 4.69) is 28.0 Å². The van der Waals surface area contributed by atoms with Gasteiger partial charge in [-0.25, -0.2) is 0 Å². The molecule has 1 fully saturated rings. The molecule has 27 heavy (non-hydrogen) atoms. The van der Waals surface area contributed by atoms with Crippen molar-refractivity contribution in [3.63, 3.8) is 0 Å². The van der Waals surface area contributed by atoms with Gasteiger partial charge in [-0.2, -0.15) is 0 Å². The molecule has 0 bridgehead atoms. The molecule has 1 aromatic heterocycles. The Morgan fingerprint density at radius 2 is 1.96 bits per heavy atom. The maximum atomic E-state index is 12.4. The molecule has 2 aromatic rings. The maximum Gasteiger partial charge on any atom is 0.271 e. The Morgan fingerprint density at radius 3 is 2.78 bits per heavy atom. The SMILES string of the molecule is O=C(NNC(=O)[C@@H]1CC(=O)N(c2ccc3c(c2)CCC3)C1)c1cccnc1. The van der Waals surface area contributed by atoms with Gasteiger partial charge in [0.05, 0.1) is 11.5 Å². The van der Waals surface area contributed by atoms with Gasteiger partial charge in [-0.05, 0) is 54.7 Å². The fourth-order valence-electron chi connectivity index (χ4n) is 3.65. The highest BCUT2D eigenvalue weighted by Gasteiger charge is 2.35. The van der Waals surface area contributed by atoms with Crippen LogP contribution in [-0.4, -0.2) is 29.3 Å². The average molecular weight is 364 g/mol. The van der Waals surface area contributed by atoms with Crippen LogP contribution >= 0.6 is 0 Å². The van der Waals surface area contributed by atoms with Gasteiger partial charge in [-0.3, -0.25) is 30.2 Å². The molecule has 2 aliphatic rings. The number of nitrogens with zero attached hydrogens (tertiary/aromatic N) is 2.